The summed E-state index contributed by atoms with van der Waals surface area (Å²) in [7, 11) is 3.02. The number of anilines is 1. The molecule has 4 atom stereocenters. The zero-order valence-corrected chi connectivity index (χ0v) is 19.3. The zero-order chi connectivity index (χ0) is 26.1. The van der Waals surface area contributed by atoms with Crippen molar-refractivity contribution in [3.05, 3.63) is 48.1 Å². The van der Waals surface area contributed by atoms with Gasteiger partial charge < -0.3 is 41.1 Å². The van der Waals surface area contributed by atoms with Crippen LogP contribution in [-0.2, 0) is 4.74 Å². The number of nitrogens with zero attached hydrogens (tertiary/aromatic N) is 5. The number of fused-ring (bicyclic) bond motifs is 1. The summed E-state index contributed by atoms with van der Waals surface area (Å²) in [6.07, 6.45) is 1.06. The summed E-state index contributed by atoms with van der Waals surface area (Å²) in [5, 5.41) is 43.4. The van der Waals surface area contributed by atoms with Gasteiger partial charge in [-0.15, -0.1) is 0 Å². The number of benzene rings is 1. The average molecular weight is 499 g/mol. The van der Waals surface area contributed by atoms with Crippen molar-refractivity contribution in [1.29, 1.82) is 0 Å². The highest BCUT2D eigenvalue weighted by Gasteiger charge is 2.43. The highest BCUT2D eigenvalue weighted by atomic mass is 16.6. The fourth-order valence-corrected chi connectivity index (χ4v) is 3.75. The number of nitrogens with one attached hydrogen (secondary N) is 1. The highest BCUT2D eigenvalue weighted by molar-refractivity contribution is 6.02. The van der Waals surface area contributed by atoms with Crippen LogP contribution in [0.5, 0.6) is 11.5 Å². The first-order chi connectivity index (χ1) is 17.1. The van der Waals surface area contributed by atoms with Gasteiger partial charge in [-0.1, -0.05) is 12.2 Å². The van der Waals surface area contributed by atoms with Crippen LogP contribution in [0.4, 0.5) is 5.82 Å². The molecular formula is C22H25N7O7. The number of phenolic OH excluding ortho intramolecular Hbond substituents is 2. The van der Waals surface area contributed by atoms with Gasteiger partial charge in [-0.3, -0.25) is 14.2 Å². The minimum atomic E-state index is -1.31. The molecule has 2 aromatic heterocycles. The molecule has 1 saturated heterocycles. The van der Waals surface area contributed by atoms with Gasteiger partial charge >= 0.3 is 0 Å². The van der Waals surface area contributed by atoms with Gasteiger partial charge in [0.25, 0.3) is 11.8 Å². The molecule has 36 heavy (non-hydrogen) atoms. The molecule has 1 aliphatic rings. The largest absolute Gasteiger partial charge is 0.504 e. The molecular weight excluding hydrogens is 474 g/mol. The van der Waals surface area contributed by atoms with Crippen molar-refractivity contribution in [1.82, 2.24) is 29.7 Å². The second kappa shape index (κ2) is 9.77. The summed E-state index contributed by atoms with van der Waals surface area (Å²) in [5.41, 5.74) is 6.18. The average Bonchev–Trinajstić information content (AvgIpc) is 3.39. The predicted octanol–water partition coefficient (Wildman–Crippen LogP) is -0.873. The smallest absolute Gasteiger partial charge is 0.255 e. The van der Waals surface area contributed by atoms with E-state index in [-0.39, 0.29) is 23.5 Å². The van der Waals surface area contributed by atoms with Crippen molar-refractivity contribution in [3.63, 3.8) is 0 Å². The van der Waals surface area contributed by atoms with Crippen molar-refractivity contribution in [2.45, 2.75) is 24.5 Å². The summed E-state index contributed by atoms with van der Waals surface area (Å²) >= 11 is 0. The number of rotatable bonds is 6. The molecule has 4 rings (SSSR count). The van der Waals surface area contributed by atoms with E-state index in [0.29, 0.717) is 11.2 Å². The number of hydrogen-bond donors (Lipinski definition) is 6. The lowest BCUT2D eigenvalue weighted by Crippen LogP contribution is -2.31. The molecule has 0 radical (unpaired) electrons. The topological polar surface area (TPSA) is 209 Å². The van der Waals surface area contributed by atoms with Crippen LogP contribution in [0.1, 0.15) is 26.9 Å². The van der Waals surface area contributed by atoms with Crippen molar-refractivity contribution in [3.8, 4) is 11.5 Å². The van der Waals surface area contributed by atoms with E-state index in [1.165, 1.54) is 54.4 Å². The lowest BCUT2D eigenvalue weighted by Gasteiger charge is -2.16. The molecule has 2 amide bonds. The van der Waals surface area contributed by atoms with Crippen LogP contribution in [0.2, 0.25) is 0 Å². The van der Waals surface area contributed by atoms with E-state index in [9.17, 15) is 30.0 Å². The molecule has 0 spiro atoms. The number of aliphatic hydroxyl groups excluding tert-OH is 2. The number of phenols is 2. The van der Waals surface area contributed by atoms with Gasteiger partial charge in [0.1, 0.15) is 30.2 Å². The maximum absolute atomic E-state index is 12.5. The number of aromatic hydroxyl groups is 2. The predicted molar refractivity (Wildman–Crippen MR) is 125 cm³/mol. The number of aliphatic hydroxyl groups is 2. The first-order valence-corrected chi connectivity index (χ1v) is 10.8. The van der Waals surface area contributed by atoms with Crippen molar-refractivity contribution in [2.24, 2.45) is 0 Å². The Morgan fingerprint density at radius 3 is 2.67 bits per heavy atom. The third kappa shape index (κ3) is 4.51. The Morgan fingerprint density at radius 1 is 1.19 bits per heavy atom. The Labute approximate surface area is 204 Å². The molecule has 0 saturated carbocycles. The number of carbonyl (C=O) groups excluding carboxylic acids is 2. The molecule has 0 bridgehead atoms. The molecule has 14 nitrogen and oxygen atoms in total. The third-order valence-electron chi connectivity index (χ3n) is 5.63. The number of carbonyl (C=O) groups is 2. The van der Waals surface area contributed by atoms with Gasteiger partial charge in [0.15, 0.2) is 29.2 Å². The molecule has 14 heteroatoms. The Morgan fingerprint density at radius 2 is 1.94 bits per heavy atom. The van der Waals surface area contributed by atoms with E-state index in [2.05, 4.69) is 20.3 Å². The summed E-state index contributed by atoms with van der Waals surface area (Å²) in [6, 6.07) is 2.24. The second-order valence-electron chi connectivity index (χ2n) is 8.28. The van der Waals surface area contributed by atoms with Crippen LogP contribution in [0, 0.1) is 0 Å². The third-order valence-corrected chi connectivity index (χ3v) is 5.63. The molecule has 190 valence electrons. The number of nitrogen functional groups attached to an aromatic ring is 1. The van der Waals surface area contributed by atoms with E-state index in [4.69, 9.17) is 10.5 Å². The van der Waals surface area contributed by atoms with Crippen LogP contribution < -0.4 is 11.1 Å². The Hall–Kier alpha value is -4.27. The second-order valence-corrected chi connectivity index (χ2v) is 8.28. The normalized spacial score (nSPS) is 21.8. The fraction of sp³-hybridized carbons (Fsp3) is 0.318. The Bertz CT molecular complexity index is 1340. The SMILES string of the molecule is CN(C)C(=O)c1cc(O)c(O)c(C(=O)NCC=CC2OC(n3cnc4c(N)ncnc43)[C@H](O)C2O)c1. The van der Waals surface area contributed by atoms with Crippen molar-refractivity contribution >= 4 is 28.8 Å². The summed E-state index contributed by atoms with van der Waals surface area (Å²) < 4.78 is 7.22. The summed E-state index contributed by atoms with van der Waals surface area (Å²) in [6.45, 7) is -0.0456. The lowest BCUT2D eigenvalue weighted by molar-refractivity contribution is -0.0245. The van der Waals surface area contributed by atoms with Crippen molar-refractivity contribution in [2.75, 3.05) is 26.4 Å². The molecule has 7 N–H and O–H groups in total. The number of hydrogen-bond acceptors (Lipinski definition) is 11. The number of imidazole rings is 1. The molecule has 3 unspecified atom stereocenters. The fourth-order valence-electron chi connectivity index (χ4n) is 3.75. The lowest BCUT2D eigenvalue weighted by atomic mass is 10.1. The first kappa shape index (κ1) is 24.8. The van der Waals surface area contributed by atoms with Crippen LogP contribution in [0.15, 0.2) is 36.9 Å². The van der Waals surface area contributed by atoms with Crippen LogP contribution in [0.3, 0.4) is 0 Å². The van der Waals surface area contributed by atoms with Gasteiger partial charge in [0.2, 0.25) is 0 Å². The van der Waals surface area contributed by atoms with Gasteiger partial charge in [0, 0.05) is 26.2 Å². The van der Waals surface area contributed by atoms with E-state index >= 15 is 0 Å². The zero-order valence-electron chi connectivity index (χ0n) is 19.3. The highest BCUT2D eigenvalue weighted by Crippen LogP contribution is 2.33. The maximum Gasteiger partial charge on any atom is 0.255 e. The van der Waals surface area contributed by atoms with E-state index in [1.807, 2.05) is 0 Å². The van der Waals surface area contributed by atoms with Crippen LogP contribution in [0.25, 0.3) is 11.2 Å². The monoisotopic (exact) mass is 499 g/mol. The standard InChI is InChI=1S/C22H25N7O7/c1-28(2)21(35)10-6-11(15(31)12(30)7-10)20(34)24-5-3-4-13-16(32)17(33)22(36-13)29-9-27-14-18(23)25-8-26-19(14)29/h3-4,6-9,13,16-17,22,30-33H,5H2,1-2H3,(H,24,34)(H2,23,25,26)/t13?,16?,17-,22?/m1/s1. The minimum absolute atomic E-state index is 0.0255. The molecule has 1 aliphatic heterocycles. The molecule has 3 aromatic rings. The van der Waals surface area contributed by atoms with E-state index in [0.717, 1.165) is 6.07 Å². The van der Waals surface area contributed by atoms with Gasteiger partial charge in [-0.05, 0) is 12.1 Å². The minimum Gasteiger partial charge on any atom is -0.504 e. The van der Waals surface area contributed by atoms with Gasteiger partial charge in [-0.25, -0.2) is 15.0 Å². The number of ether oxygens (including phenoxy) is 1. The van der Waals surface area contributed by atoms with Crippen molar-refractivity contribution < 1.29 is 34.8 Å². The summed E-state index contributed by atoms with van der Waals surface area (Å²) in [5.74, 6) is -2.31. The first-order valence-electron chi connectivity index (χ1n) is 10.8. The quantitative estimate of drug-likeness (QED) is 0.181. The molecule has 0 aliphatic carbocycles. The summed E-state index contributed by atoms with van der Waals surface area (Å²) in [4.78, 5) is 38.0. The maximum atomic E-state index is 12.5. The number of aromatic nitrogens is 4. The van der Waals surface area contributed by atoms with E-state index in [1.54, 1.807) is 0 Å². The molecule has 1 fully saturated rings. The Balaban J connectivity index is 1.42. The number of nitrogens with two attached hydrogens (primary N) is 1. The number of amides is 2. The van der Waals surface area contributed by atoms with E-state index < -0.39 is 47.9 Å². The van der Waals surface area contributed by atoms with Crippen LogP contribution in [-0.4, -0.2) is 95.6 Å². The molecule has 1 aromatic carbocycles. The molecule has 3 heterocycles. The van der Waals surface area contributed by atoms with Gasteiger partial charge in [-0.2, -0.15) is 0 Å². The van der Waals surface area contributed by atoms with Gasteiger partial charge in [0.05, 0.1) is 11.9 Å². The Kier molecular flexibility index (Phi) is 6.74. The van der Waals surface area contributed by atoms with Crippen LogP contribution >= 0.6 is 0 Å².